The van der Waals surface area contributed by atoms with E-state index < -0.39 is 23.1 Å². The van der Waals surface area contributed by atoms with E-state index in [9.17, 15) is 13.6 Å². The molecule has 0 atom stereocenters. The molecule has 1 amide bonds. The van der Waals surface area contributed by atoms with Gasteiger partial charge in [0.1, 0.15) is 23.0 Å². The highest BCUT2D eigenvalue weighted by molar-refractivity contribution is 5.95. The van der Waals surface area contributed by atoms with Gasteiger partial charge >= 0.3 is 0 Å². The third-order valence-corrected chi connectivity index (χ3v) is 5.19. The number of morpholine rings is 1. The normalized spacial score (nSPS) is 17.6. The molecule has 0 radical (unpaired) electrons. The summed E-state index contributed by atoms with van der Waals surface area (Å²) in [6, 6.07) is 5.37. The van der Waals surface area contributed by atoms with Gasteiger partial charge in [-0.25, -0.2) is 13.8 Å². The Morgan fingerprint density at radius 3 is 2.28 bits per heavy atom. The van der Waals surface area contributed by atoms with Gasteiger partial charge in [0.15, 0.2) is 0 Å². The number of hydrogen-bond donors (Lipinski definition) is 0. The van der Waals surface area contributed by atoms with Gasteiger partial charge < -0.3 is 19.4 Å². The largest absolute Gasteiger partial charge is 0.378 e. The van der Waals surface area contributed by atoms with E-state index in [4.69, 9.17) is 9.72 Å². The van der Waals surface area contributed by atoms with Crippen LogP contribution in [0.15, 0.2) is 24.3 Å². The summed E-state index contributed by atoms with van der Waals surface area (Å²) < 4.78 is 33.3. The van der Waals surface area contributed by atoms with E-state index in [2.05, 4.69) is 14.8 Å². The Morgan fingerprint density at radius 1 is 0.966 bits per heavy atom. The molecule has 0 spiro atoms. The molecule has 0 unspecified atom stereocenters. The Bertz CT molecular complexity index is 876. The first-order valence-electron chi connectivity index (χ1n) is 9.69. The van der Waals surface area contributed by atoms with Crippen LogP contribution in [0.4, 0.5) is 20.5 Å². The average molecular weight is 403 g/mol. The van der Waals surface area contributed by atoms with Crippen LogP contribution < -0.4 is 9.80 Å². The molecule has 154 valence electrons. The average Bonchev–Trinajstić information content (AvgIpc) is 2.74. The smallest absolute Gasteiger partial charge is 0.259 e. The molecule has 2 aliphatic heterocycles. The van der Waals surface area contributed by atoms with Crippen molar-refractivity contribution in [2.45, 2.75) is 6.92 Å². The minimum Gasteiger partial charge on any atom is -0.378 e. The second kappa shape index (κ2) is 8.28. The maximum atomic E-state index is 13.9. The highest BCUT2D eigenvalue weighted by atomic mass is 19.1. The molecule has 0 N–H and O–H groups in total. The predicted molar refractivity (Wildman–Crippen MR) is 104 cm³/mol. The van der Waals surface area contributed by atoms with Crippen LogP contribution in [0.25, 0.3) is 0 Å². The Morgan fingerprint density at radius 2 is 1.62 bits per heavy atom. The van der Waals surface area contributed by atoms with E-state index in [1.165, 1.54) is 11.0 Å². The van der Waals surface area contributed by atoms with E-state index >= 15 is 0 Å². The minimum atomic E-state index is -0.834. The van der Waals surface area contributed by atoms with Crippen molar-refractivity contribution >= 4 is 17.7 Å². The zero-order valence-corrected chi connectivity index (χ0v) is 16.3. The van der Waals surface area contributed by atoms with Crippen LogP contribution >= 0.6 is 0 Å². The van der Waals surface area contributed by atoms with E-state index in [0.29, 0.717) is 45.3 Å². The fourth-order valence-corrected chi connectivity index (χ4v) is 3.60. The molecule has 2 fully saturated rings. The van der Waals surface area contributed by atoms with Crippen molar-refractivity contribution in [2.75, 3.05) is 62.3 Å². The van der Waals surface area contributed by atoms with Crippen LogP contribution in [0.2, 0.25) is 0 Å². The highest BCUT2D eigenvalue weighted by Gasteiger charge is 2.27. The topological polar surface area (TPSA) is 61.8 Å². The molecule has 3 heterocycles. The molecule has 9 heteroatoms. The number of piperazine rings is 1. The number of carbonyl (C=O) groups is 1. The summed E-state index contributed by atoms with van der Waals surface area (Å²) in [4.78, 5) is 27.5. The fraction of sp³-hybridized carbons (Fsp3) is 0.450. The van der Waals surface area contributed by atoms with Crippen LogP contribution in [-0.2, 0) is 4.74 Å². The first-order valence-corrected chi connectivity index (χ1v) is 9.69. The number of halogens is 2. The number of amides is 1. The molecule has 0 aliphatic carbocycles. The lowest BCUT2D eigenvalue weighted by atomic mass is 10.1. The monoisotopic (exact) mass is 403 g/mol. The second-order valence-electron chi connectivity index (χ2n) is 7.14. The van der Waals surface area contributed by atoms with Gasteiger partial charge in [0, 0.05) is 51.0 Å². The third kappa shape index (κ3) is 4.14. The maximum Gasteiger partial charge on any atom is 0.259 e. The lowest BCUT2D eigenvalue weighted by Crippen LogP contribution is -2.49. The van der Waals surface area contributed by atoms with Crippen LogP contribution in [0.5, 0.6) is 0 Å². The standard InChI is InChI=1S/C20H23F2N5O2/c1-14-13-17(24-20(23-14)27-9-11-29-12-10-27)25-5-7-26(8-6-25)19(28)18-15(21)3-2-4-16(18)22/h2-4,13H,5-12H2,1H3. The van der Waals surface area contributed by atoms with Gasteiger partial charge in [0.2, 0.25) is 5.95 Å². The Balaban J connectivity index is 1.46. The summed E-state index contributed by atoms with van der Waals surface area (Å²) in [5.41, 5.74) is 0.372. The van der Waals surface area contributed by atoms with Crippen molar-refractivity contribution < 1.29 is 18.3 Å². The van der Waals surface area contributed by atoms with Gasteiger partial charge in [-0.3, -0.25) is 4.79 Å². The molecule has 2 saturated heterocycles. The van der Waals surface area contributed by atoms with E-state index in [1.54, 1.807) is 0 Å². The van der Waals surface area contributed by atoms with Gasteiger partial charge in [-0.15, -0.1) is 0 Å². The van der Waals surface area contributed by atoms with Crippen LogP contribution in [0, 0.1) is 18.6 Å². The summed E-state index contributed by atoms with van der Waals surface area (Å²) in [5.74, 6) is -0.815. The quantitative estimate of drug-likeness (QED) is 0.780. The van der Waals surface area contributed by atoms with Crippen molar-refractivity contribution in [1.82, 2.24) is 14.9 Å². The molecule has 2 aliphatic rings. The van der Waals surface area contributed by atoms with Crippen LogP contribution in [0.1, 0.15) is 16.1 Å². The van der Waals surface area contributed by atoms with Crippen molar-refractivity contribution in [3.05, 3.63) is 47.2 Å². The first-order chi connectivity index (χ1) is 14.0. The van der Waals surface area contributed by atoms with Crippen LogP contribution in [-0.4, -0.2) is 73.3 Å². The van der Waals surface area contributed by atoms with E-state index in [0.717, 1.165) is 36.7 Å². The number of aryl methyl sites for hydroxylation is 1. The fourth-order valence-electron chi connectivity index (χ4n) is 3.60. The number of ether oxygens (including phenoxy) is 1. The number of nitrogens with zero attached hydrogens (tertiary/aromatic N) is 5. The summed E-state index contributed by atoms with van der Waals surface area (Å²) in [5, 5.41) is 0. The molecule has 1 aromatic heterocycles. The molecule has 0 saturated carbocycles. The number of rotatable bonds is 3. The zero-order valence-electron chi connectivity index (χ0n) is 16.3. The predicted octanol–water partition coefficient (Wildman–Crippen LogP) is 1.86. The Kier molecular flexibility index (Phi) is 5.57. The highest BCUT2D eigenvalue weighted by Crippen LogP contribution is 2.21. The Hall–Kier alpha value is -2.81. The van der Waals surface area contributed by atoms with Gasteiger partial charge in [-0.2, -0.15) is 4.98 Å². The molecule has 7 nitrogen and oxygen atoms in total. The van der Waals surface area contributed by atoms with Gasteiger partial charge in [0.25, 0.3) is 5.91 Å². The molecule has 2 aromatic rings. The molecular weight excluding hydrogens is 380 g/mol. The molecule has 29 heavy (non-hydrogen) atoms. The number of hydrogen-bond acceptors (Lipinski definition) is 6. The van der Waals surface area contributed by atoms with Gasteiger partial charge in [-0.05, 0) is 19.1 Å². The van der Waals surface area contributed by atoms with Crippen molar-refractivity contribution in [2.24, 2.45) is 0 Å². The SMILES string of the molecule is Cc1cc(N2CCN(C(=O)c3c(F)cccc3F)CC2)nc(N2CCOCC2)n1. The van der Waals surface area contributed by atoms with Gasteiger partial charge in [-0.1, -0.05) is 6.07 Å². The molecule has 1 aromatic carbocycles. The lowest BCUT2D eigenvalue weighted by molar-refractivity contribution is 0.0736. The van der Waals surface area contributed by atoms with Crippen molar-refractivity contribution in [3.8, 4) is 0 Å². The Labute approximate surface area is 167 Å². The summed E-state index contributed by atoms with van der Waals surface area (Å²) >= 11 is 0. The summed E-state index contributed by atoms with van der Waals surface area (Å²) in [6.45, 7) is 6.52. The number of carbonyl (C=O) groups excluding carboxylic acids is 1. The second-order valence-corrected chi connectivity index (χ2v) is 7.14. The maximum absolute atomic E-state index is 13.9. The van der Waals surface area contributed by atoms with Gasteiger partial charge in [0.05, 0.1) is 13.2 Å². The summed E-state index contributed by atoms with van der Waals surface area (Å²) in [6.07, 6.45) is 0. The van der Waals surface area contributed by atoms with Crippen molar-refractivity contribution in [3.63, 3.8) is 0 Å². The zero-order chi connectivity index (χ0) is 20.4. The molecular formula is C20H23F2N5O2. The third-order valence-electron chi connectivity index (χ3n) is 5.19. The number of anilines is 2. The van der Waals surface area contributed by atoms with Crippen molar-refractivity contribution in [1.29, 1.82) is 0 Å². The lowest BCUT2D eigenvalue weighted by Gasteiger charge is -2.36. The first kappa shape index (κ1) is 19.5. The van der Waals surface area contributed by atoms with E-state index in [1.807, 2.05) is 13.0 Å². The molecule has 0 bridgehead atoms. The van der Waals surface area contributed by atoms with Crippen LogP contribution in [0.3, 0.4) is 0 Å². The minimum absolute atomic E-state index is 0.364. The number of aromatic nitrogens is 2. The number of benzene rings is 1. The molecule has 4 rings (SSSR count). The van der Waals surface area contributed by atoms with E-state index in [-0.39, 0.29) is 0 Å². The summed E-state index contributed by atoms with van der Waals surface area (Å²) in [7, 11) is 0.